The molecule has 0 aromatic heterocycles. The van der Waals surface area contributed by atoms with Crippen molar-refractivity contribution >= 4 is 41.5 Å². The fourth-order valence-electron chi connectivity index (χ4n) is 1.50. The molecule has 0 bridgehead atoms. The van der Waals surface area contributed by atoms with Gasteiger partial charge in [0, 0.05) is 17.6 Å². The van der Waals surface area contributed by atoms with Gasteiger partial charge in [0.2, 0.25) is 0 Å². The lowest BCUT2D eigenvalue weighted by Gasteiger charge is -2.09. The van der Waals surface area contributed by atoms with Gasteiger partial charge in [-0.3, -0.25) is 4.99 Å². The fourth-order valence-corrected chi connectivity index (χ4v) is 1.76. The summed E-state index contributed by atoms with van der Waals surface area (Å²) in [5, 5.41) is 3.73. The number of nitrogens with one attached hydrogen (secondary N) is 1. The van der Waals surface area contributed by atoms with E-state index in [0.29, 0.717) is 23.6 Å². The number of rotatable bonds is 5. The smallest absolute Gasteiger partial charge is 0.188 e. The maximum Gasteiger partial charge on any atom is 0.188 e. The van der Waals surface area contributed by atoms with E-state index < -0.39 is 0 Å². The van der Waals surface area contributed by atoms with E-state index >= 15 is 0 Å². The van der Waals surface area contributed by atoms with Gasteiger partial charge in [0.05, 0.1) is 7.11 Å². The van der Waals surface area contributed by atoms with Gasteiger partial charge in [0.25, 0.3) is 0 Å². The molecule has 0 amide bonds. The second-order valence-electron chi connectivity index (χ2n) is 4.27. The van der Waals surface area contributed by atoms with Crippen molar-refractivity contribution in [2.24, 2.45) is 10.7 Å². The zero-order chi connectivity index (χ0) is 13.5. The van der Waals surface area contributed by atoms with Gasteiger partial charge in [0.1, 0.15) is 5.75 Å². The Kier molecular flexibility index (Phi) is 8.92. The zero-order valence-electron chi connectivity index (χ0n) is 11.4. The van der Waals surface area contributed by atoms with Gasteiger partial charge < -0.3 is 15.8 Å². The maximum atomic E-state index is 6.13. The van der Waals surface area contributed by atoms with E-state index in [1.165, 1.54) is 0 Å². The summed E-state index contributed by atoms with van der Waals surface area (Å²) < 4.78 is 5.09. The maximum absolute atomic E-state index is 6.13. The predicted octanol–water partition coefficient (Wildman–Crippen LogP) is 2.82. The van der Waals surface area contributed by atoms with Gasteiger partial charge in [-0.25, -0.2) is 0 Å². The molecular formula is C13H21ClIN3O. The molecule has 0 aliphatic rings. The van der Waals surface area contributed by atoms with Crippen LogP contribution in [-0.2, 0) is 6.42 Å². The third kappa shape index (κ3) is 6.87. The molecule has 6 heteroatoms. The Morgan fingerprint density at radius 1 is 1.47 bits per heavy atom. The van der Waals surface area contributed by atoms with Crippen molar-refractivity contribution in [3.8, 4) is 5.75 Å². The number of halogens is 2. The number of aliphatic imine (C=N–C) groups is 1. The zero-order valence-corrected chi connectivity index (χ0v) is 14.5. The molecule has 0 atom stereocenters. The number of hydrogen-bond donors (Lipinski definition) is 2. The van der Waals surface area contributed by atoms with Crippen molar-refractivity contribution < 1.29 is 4.74 Å². The van der Waals surface area contributed by atoms with Crippen LogP contribution in [-0.4, -0.2) is 25.7 Å². The minimum atomic E-state index is 0. The molecule has 1 rings (SSSR count). The minimum absolute atomic E-state index is 0. The summed E-state index contributed by atoms with van der Waals surface area (Å²) in [7, 11) is 1.62. The Hall–Kier alpha value is -0.690. The van der Waals surface area contributed by atoms with Crippen molar-refractivity contribution in [3.05, 3.63) is 28.8 Å². The first kappa shape index (κ1) is 18.3. The monoisotopic (exact) mass is 397 g/mol. The molecule has 4 nitrogen and oxygen atoms in total. The number of hydrogen-bond acceptors (Lipinski definition) is 2. The van der Waals surface area contributed by atoms with Crippen molar-refractivity contribution in [2.75, 3.05) is 13.7 Å². The SMILES string of the molecule is COc1ccc(CCN=C(N)NC(C)C)c(Cl)c1.I. The van der Waals surface area contributed by atoms with Gasteiger partial charge >= 0.3 is 0 Å². The van der Waals surface area contributed by atoms with E-state index in [1.807, 2.05) is 26.0 Å². The summed E-state index contributed by atoms with van der Waals surface area (Å²) in [4.78, 5) is 4.24. The van der Waals surface area contributed by atoms with Crippen LogP contribution in [0, 0.1) is 0 Å². The average Bonchev–Trinajstić information content (AvgIpc) is 2.30. The van der Waals surface area contributed by atoms with E-state index in [4.69, 9.17) is 22.1 Å². The first-order valence-corrected chi connectivity index (χ1v) is 6.29. The summed E-state index contributed by atoms with van der Waals surface area (Å²) in [5.74, 6) is 1.22. The third-order valence-electron chi connectivity index (χ3n) is 2.36. The number of benzene rings is 1. The van der Waals surface area contributed by atoms with Gasteiger partial charge in [-0.2, -0.15) is 0 Å². The van der Waals surface area contributed by atoms with Crippen LogP contribution < -0.4 is 15.8 Å². The van der Waals surface area contributed by atoms with Gasteiger partial charge in [0.15, 0.2) is 5.96 Å². The molecule has 19 heavy (non-hydrogen) atoms. The molecule has 0 aliphatic carbocycles. The summed E-state index contributed by atoms with van der Waals surface area (Å²) in [6, 6.07) is 5.93. The van der Waals surface area contributed by atoms with Crippen molar-refractivity contribution in [1.29, 1.82) is 0 Å². The molecule has 0 saturated carbocycles. The van der Waals surface area contributed by atoms with Crippen LogP contribution in [0.3, 0.4) is 0 Å². The van der Waals surface area contributed by atoms with Crippen LogP contribution in [0.4, 0.5) is 0 Å². The molecule has 0 unspecified atom stereocenters. The molecule has 3 N–H and O–H groups in total. The third-order valence-corrected chi connectivity index (χ3v) is 2.71. The fraction of sp³-hybridized carbons (Fsp3) is 0.462. The molecule has 0 fully saturated rings. The van der Waals surface area contributed by atoms with Crippen molar-refractivity contribution in [2.45, 2.75) is 26.3 Å². The Morgan fingerprint density at radius 3 is 2.68 bits per heavy atom. The number of methoxy groups -OCH3 is 1. The van der Waals surface area contributed by atoms with Gasteiger partial charge in [-0.1, -0.05) is 17.7 Å². The van der Waals surface area contributed by atoms with Crippen molar-refractivity contribution in [1.82, 2.24) is 5.32 Å². The highest BCUT2D eigenvalue weighted by Gasteiger charge is 2.02. The minimum Gasteiger partial charge on any atom is -0.497 e. The van der Waals surface area contributed by atoms with Crippen LogP contribution in [0.1, 0.15) is 19.4 Å². The topological polar surface area (TPSA) is 59.6 Å². The molecule has 0 aliphatic heterocycles. The Balaban J connectivity index is 0.00000324. The lowest BCUT2D eigenvalue weighted by molar-refractivity contribution is 0.414. The second-order valence-corrected chi connectivity index (χ2v) is 4.68. The Bertz CT molecular complexity index is 424. The quantitative estimate of drug-likeness (QED) is 0.456. The summed E-state index contributed by atoms with van der Waals surface area (Å²) in [6.07, 6.45) is 0.753. The van der Waals surface area contributed by atoms with E-state index in [-0.39, 0.29) is 24.0 Å². The highest BCUT2D eigenvalue weighted by atomic mass is 127. The van der Waals surface area contributed by atoms with E-state index in [9.17, 15) is 0 Å². The summed E-state index contributed by atoms with van der Waals surface area (Å²) in [5.41, 5.74) is 6.75. The largest absolute Gasteiger partial charge is 0.497 e. The lowest BCUT2D eigenvalue weighted by atomic mass is 10.1. The first-order valence-electron chi connectivity index (χ1n) is 5.91. The molecule has 0 heterocycles. The van der Waals surface area contributed by atoms with Crippen LogP contribution in [0.2, 0.25) is 5.02 Å². The molecule has 1 aromatic carbocycles. The van der Waals surface area contributed by atoms with Gasteiger partial charge in [-0.15, -0.1) is 24.0 Å². The summed E-state index contributed by atoms with van der Waals surface area (Å²) >= 11 is 6.13. The predicted molar refractivity (Wildman–Crippen MR) is 91.9 cm³/mol. The highest BCUT2D eigenvalue weighted by Crippen LogP contribution is 2.22. The second kappa shape index (κ2) is 9.25. The number of guanidine groups is 1. The Morgan fingerprint density at radius 2 is 2.16 bits per heavy atom. The van der Waals surface area contributed by atoms with Crippen LogP contribution in [0.5, 0.6) is 5.75 Å². The van der Waals surface area contributed by atoms with Crippen molar-refractivity contribution in [3.63, 3.8) is 0 Å². The summed E-state index contributed by atoms with van der Waals surface area (Å²) in [6.45, 7) is 4.64. The van der Waals surface area contributed by atoms with Crippen LogP contribution in [0.15, 0.2) is 23.2 Å². The molecule has 0 spiro atoms. The van der Waals surface area contributed by atoms with Gasteiger partial charge in [-0.05, 0) is 38.0 Å². The standard InChI is InChI=1S/C13H20ClN3O.HI/c1-9(2)17-13(15)16-7-6-10-4-5-11(18-3)8-12(10)14;/h4-5,8-9H,6-7H2,1-3H3,(H3,15,16,17);1H. The molecule has 0 radical (unpaired) electrons. The molecule has 1 aromatic rings. The average molecular weight is 398 g/mol. The first-order chi connectivity index (χ1) is 8.52. The van der Waals surface area contributed by atoms with Crippen LogP contribution in [0.25, 0.3) is 0 Å². The normalized spacial score (nSPS) is 11.1. The number of nitrogens with two attached hydrogens (primary N) is 1. The highest BCUT2D eigenvalue weighted by molar-refractivity contribution is 14.0. The van der Waals surface area contributed by atoms with E-state index in [1.54, 1.807) is 13.2 Å². The van der Waals surface area contributed by atoms with E-state index in [2.05, 4.69) is 10.3 Å². The Labute approximate surface area is 136 Å². The number of ether oxygens (including phenoxy) is 1. The lowest BCUT2D eigenvalue weighted by Crippen LogP contribution is -2.36. The molecule has 0 saturated heterocycles. The molecule has 108 valence electrons. The van der Waals surface area contributed by atoms with E-state index in [0.717, 1.165) is 17.7 Å². The van der Waals surface area contributed by atoms with Crippen LogP contribution >= 0.6 is 35.6 Å². The molecular weight excluding hydrogens is 377 g/mol. The number of nitrogens with zero attached hydrogens (tertiary/aromatic N) is 1.